The Hall–Kier alpha value is -0.300. The molecule has 1 aliphatic rings. The fourth-order valence-corrected chi connectivity index (χ4v) is 1.86. The van der Waals surface area contributed by atoms with Crippen molar-refractivity contribution in [1.29, 1.82) is 0 Å². The van der Waals surface area contributed by atoms with Crippen molar-refractivity contribution >= 4 is 0 Å². The van der Waals surface area contributed by atoms with Crippen LogP contribution in [0, 0.1) is 0 Å². The summed E-state index contributed by atoms with van der Waals surface area (Å²) >= 11 is 0. The summed E-state index contributed by atoms with van der Waals surface area (Å²) in [5.74, 6) is 0. The molecule has 0 saturated carbocycles. The van der Waals surface area contributed by atoms with E-state index in [4.69, 9.17) is 0 Å². The molecule has 0 N–H and O–H groups in total. The van der Waals surface area contributed by atoms with Crippen molar-refractivity contribution in [1.82, 2.24) is 4.90 Å². The van der Waals surface area contributed by atoms with Crippen molar-refractivity contribution in [2.24, 2.45) is 0 Å². The van der Waals surface area contributed by atoms with E-state index in [1.54, 1.807) is 0 Å². The number of allylic oxidation sites excluding steroid dienone is 1. The van der Waals surface area contributed by atoms with Crippen molar-refractivity contribution in [3.8, 4) is 0 Å². The summed E-state index contributed by atoms with van der Waals surface area (Å²) in [6.45, 7) is 6.95. The van der Waals surface area contributed by atoms with Crippen molar-refractivity contribution in [2.45, 2.75) is 39.2 Å². The van der Waals surface area contributed by atoms with Crippen LogP contribution in [0.25, 0.3) is 0 Å². The van der Waals surface area contributed by atoms with Crippen LogP contribution in [0.1, 0.15) is 33.1 Å². The van der Waals surface area contributed by atoms with Gasteiger partial charge in [0.25, 0.3) is 0 Å². The molecule has 0 aromatic carbocycles. The fraction of sp³-hybridized carbons (Fsp3) is 0.800. The summed E-state index contributed by atoms with van der Waals surface area (Å²) in [7, 11) is 0. The molecule has 1 heteroatoms. The maximum atomic E-state index is 2.58. The van der Waals surface area contributed by atoms with Gasteiger partial charge in [-0.1, -0.05) is 19.1 Å². The molecule has 1 heterocycles. The first-order valence-corrected chi connectivity index (χ1v) is 4.75. The molecule has 0 spiro atoms. The van der Waals surface area contributed by atoms with Gasteiger partial charge in [-0.25, -0.2) is 0 Å². The molecule has 64 valence electrons. The second-order valence-electron chi connectivity index (χ2n) is 3.27. The van der Waals surface area contributed by atoms with E-state index in [9.17, 15) is 0 Å². The fourth-order valence-electron chi connectivity index (χ4n) is 1.86. The maximum absolute atomic E-state index is 2.58. The summed E-state index contributed by atoms with van der Waals surface area (Å²) < 4.78 is 0. The third-order valence-electron chi connectivity index (χ3n) is 2.34. The standard InChI is InChI=1S/C10H19N/c1-3-6-10-7-5-9-11(10)8-4-2/h3,6,10H,4-5,7-9H2,1-2H3/b6-3-. The minimum Gasteiger partial charge on any atom is -0.297 e. The van der Waals surface area contributed by atoms with Crippen LogP contribution in [0.15, 0.2) is 12.2 Å². The van der Waals surface area contributed by atoms with Crippen LogP contribution >= 0.6 is 0 Å². The summed E-state index contributed by atoms with van der Waals surface area (Å²) in [5, 5.41) is 0. The Bertz CT molecular complexity index is 129. The summed E-state index contributed by atoms with van der Waals surface area (Å²) in [4.78, 5) is 2.58. The van der Waals surface area contributed by atoms with Gasteiger partial charge >= 0.3 is 0 Å². The Morgan fingerprint density at radius 3 is 3.00 bits per heavy atom. The summed E-state index contributed by atoms with van der Waals surface area (Å²) in [6, 6.07) is 0.750. The monoisotopic (exact) mass is 153 g/mol. The number of nitrogens with zero attached hydrogens (tertiary/aromatic N) is 1. The van der Waals surface area contributed by atoms with Crippen molar-refractivity contribution in [3.63, 3.8) is 0 Å². The molecule has 1 saturated heterocycles. The molecule has 11 heavy (non-hydrogen) atoms. The molecular weight excluding hydrogens is 134 g/mol. The van der Waals surface area contributed by atoms with Crippen LogP contribution in [0.2, 0.25) is 0 Å². The molecule has 1 nitrogen and oxygen atoms in total. The van der Waals surface area contributed by atoms with E-state index in [-0.39, 0.29) is 0 Å². The average Bonchev–Trinajstić information content (AvgIpc) is 2.39. The topological polar surface area (TPSA) is 3.24 Å². The highest BCUT2D eigenvalue weighted by atomic mass is 15.2. The van der Waals surface area contributed by atoms with Gasteiger partial charge in [0.1, 0.15) is 0 Å². The lowest BCUT2D eigenvalue weighted by Crippen LogP contribution is -2.28. The van der Waals surface area contributed by atoms with Crippen LogP contribution < -0.4 is 0 Å². The zero-order valence-corrected chi connectivity index (χ0v) is 7.71. The molecular formula is C10H19N. The first-order chi connectivity index (χ1) is 5.38. The normalized spacial score (nSPS) is 26.9. The van der Waals surface area contributed by atoms with Crippen molar-refractivity contribution in [3.05, 3.63) is 12.2 Å². The lowest BCUT2D eigenvalue weighted by molar-refractivity contribution is 0.290. The SMILES string of the molecule is C/C=C\C1CCCN1CCC. The van der Waals surface area contributed by atoms with E-state index >= 15 is 0 Å². The Morgan fingerprint density at radius 2 is 2.36 bits per heavy atom. The van der Waals surface area contributed by atoms with E-state index in [2.05, 4.69) is 30.9 Å². The summed E-state index contributed by atoms with van der Waals surface area (Å²) in [6.07, 6.45) is 8.55. The molecule has 0 bridgehead atoms. The van der Waals surface area contributed by atoms with Crippen molar-refractivity contribution < 1.29 is 0 Å². The number of hydrogen-bond acceptors (Lipinski definition) is 1. The minimum absolute atomic E-state index is 0.750. The predicted octanol–water partition coefficient (Wildman–Crippen LogP) is 2.44. The van der Waals surface area contributed by atoms with Gasteiger partial charge in [0, 0.05) is 6.04 Å². The number of likely N-dealkylation sites (tertiary alicyclic amines) is 1. The Morgan fingerprint density at radius 1 is 1.55 bits per heavy atom. The maximum Gasteiger partial charge on any atom is 0.0278 e. The molecule has 1 rings (SSSR count). The quantitative estimate of drug-likeness (QED) is 0.563. The van der Waals surface area contributed by atoms with Gasteiger partial charge in [0.2, 0.25) is 0 Å². The third-order valence-corrected chi connectivity index (χ3v) is 2.34. The molecule has 1 atom stereocenters. The Balaban J connectivity index is 2.37. The first-order valence-electron chi connectivity index (χ1n) is 4.75. The first kappa shape index (κ1) is 8.79. The smallest absolute Gasteiger partial charge is 0.0278 e. The van der Waals surface area contributed by atoms with Gasteiger partial charge in [-0.3, -0.25) is 4.90 Å². The zero-order valence-electron chi connectivity index (χ0n) is 7.71. The second-order valence-corrected chi connectivity index (χ2v) is 3.27. The van der Waals surface area contributed by atoms with Gasteiger partial charge in [-0.15, -0.1) is 0 Å². The van der Waals surface area contributed by atoms with Crippen LogP contribution in [-0.4, -0.2) is 24.0 Å². The van der Waals surface area contributed by atoms with Crippen LogP contribution in [0.4, 0.5) is 0 Å². The molecule has 1 unspecified atom stereocenters. The van der Waals surface area contributed by atoms with E-state index in [0.29, 0.717) is 0 Å². The zero-order chi connectivity index (χ0) is 8.10. The molecule has 1 fully saturated rings. The van der Waals surface area contributed by atoms with E-state index in [1.807, 2.05) is 0 Å². The molecule has 0 aromatic heterocycles. The third kappa shape index (κ3) is 2.33. The highest BCUT2D eigenvalue weighted by Gasteiger charge is 2.20. The van der Waals surface area contributed by atoms with E-state index < -0.39 is 0 Å². The largest absolute Gasteiger partial charge is 0.297 e. The highest BCUT2D eigenvalue weighted by molar-refractivity contribution is 4.95. The van der Waals surface area contributed by atoms with Gasteiger partial charge in [0.15, 0.2) is 0 Å². The van der Waals surface area contributed by atoms with E-state index in [0.717, 1.165) is 6.04 Å². The lowest BCUT2D eigenvalue weighted by atomic mass is 10.2. The number of rotatable bonds is 3. The predicted molar refractivity (Wildman–Crippen MR) is 49.7 cm³/mol. The molecule has 0 amide bonds. The van der Waals surface area contributed by atoms with Gasteiger partial charge < -0.3 is 0 Å². The van der Waals surface area contributed by atoms with Crippen molar-refractivity contribution in [2.75, 3.05) is 13.1 Å². The van der Waals surface area contributed by atoms with Crippen LogP contribution in [0.5, 0.6) is 0 Å². The number of hydrogen-bond donors (Lipinski definition) is 0. The Labute approximate surface area is 70.1 Å². The second kappa shape index (κ2) is 4.55. The lowest BCUT2D eigenvalue weighted by Gasteiger charge is -2.20. The molecule has 1 aliphatic heterocycles. The van der Waals surface area contributed by atoms with Crippen LogP contribution in [-0.2, 0) is 0 Å². The van der Waals surface area contributed by atoms with Gasteiger partial charge in [0.05, 0.1) is 0 Å². The highest BCUT2D eigenvalue weighted by Crippen LogP contribution is 2.17. The van der Waals surface area contributed by atoms with E-state index in [1.165, 1.54) is 32.4 Å². The molecule has 0 aromatic rings. The average molecular weight is 153 g/mol. The molecule has 0 radical (unpaired) electrons. The van der Waals surface area contributed by atoms with Crippen LogP contribution in [0.3, 0.4) is 0 Å². The minimum atomic E-state index is 0.750. The summed E-state index contributed by atoms with van der Waals surface area (Å²) in [5.41, 5.74) is 0. The van der Waals surface area contributed by atoms with Gasteiger partial charge in [-0.05, 0) is 39.3 Å². The Kier molecular flexibility index (Phi) is 3.64. The molecule has 0 aliphatic carbocycles. The van der Waals surface area contributed by atoms with Gasteiger partial charge in [-0.2, -0.15) is 0 Å².